The largest absolute Gasteiger partial charge is 0.341 e. The number of hydrogen-bond acceptors (Lipinski definition) is 2. The fourth-order valence-corrected chi connectivity index (χ4v) is 3.17. The number of likely N-dealkylation sites (tertiary alicyclic amines) is 1. The fourth-order valence-electron chi connectivity index (χ4n) is 3.17. The van der Waals surface area contributed by atoms with E-state index in [0.29, 0.717) is 11.8 Å². The Balaban J connectivity index is 1.89. The molecule has 0 bridgehead atoms. The molecule has 3 unspecified atom stereocenters. The van der Waals surface area contributed by atoms with Crippen molar-refractivity contribution in [2.45, 2.75) is 52.0 Å². The van der Waals surface area contributed by atoms with Gasteiger partial charge in [0.1, 0.15) is 0 Å². The Morgan fingerprint density at radius 2 is 2.24 bits per heavy atom. The molecule has 0 radical (unpaired) electrons. The maximum Gasteiger partial charge on any atom is 0.239 e. The minimum Gasteiger partial charge on any atom is -0.341 e. The van der Waals surface area contributed by atoms with Crippen molar-refractivity contribution >= 4 is 5.91 Å². The van der Waals surface area contributed by atoms with Crippen LogP contribution in [0.3, 0.4) is 0 Å². The standard InChI is InChI=1S/C14H26N2O/c1-3-12-6-7-15-13(9-12)14(17)16-8-4-5-11(2)10-16/h11-13,15H,3-10H2,1-2H3. The van der Waals surface area contributed by atoms with Crippen molar-refractivity contribution < 1.29 is 4.79 Å². The first-order valence-electron chi connectivity index (χ1n) is 7.23. The Labute approximate surface area is 105 Å². The Kier molecular flexibility index (Phi) is 4.43. The van der Waals surface area contributed by atoms with Gasteiger partial charge in [0.05, 0.1) is 6.04 Å². The van der Waals surface area contributed by atoms with Crippen molar-refractivity contribution in [2.24, 2.45) is 11.8 Å². The van der Waals surface area contributed by atoms with E-state index < -0.39 is 0 Å². The van der Waals surface area contributed by atoms with Gasteiger partial charge in [-0.2, -0.15) is 0 Å². The first kappa shape index (κ1) is 12.9. The van der Waals surface area contributed by atoms with Crippen LogP contribution in [0, 0.1) is 11.8 Å². The number of nitrogens with one attached hydrogen (secondary N) is 1. The van der Waals surface area contributed by atoms with Gasteiger partial charge >= 0.3 is 0 Å². The van der Waals surface area contributed by atoms with Gasteiger partial charge in [0.25, 0.3) is 0 Å². The van der Waals surface area contributed by atoms with Crippen molar-refractivity contribution in [3.63, 3.8) is 0 Å². The Hall–Kier alpha value is -0.570. The van der Waals surface area contributed by atoms with Crippen molar-refractivity contribution in [3.8, 4) is 0 Å². The SMILES string of the molecule is CCC1CCNC(C(=O)N2CCCC(C)C2)C1. The number of amides is 1. The van der Waals surface area contributed by atoms with E-state index >= 15 is 0 Å². The zero-order chi connectivity index (χ0) is 12.3. The lowest BCUT2D eigenvalue weighted by atomic mass is 9.89. The molecular formula is C14H26N2O. The summed E-state index contributed by atoms with van der Waals surface area (Å²) in [6.07, 6.45) is 5.94. The molecule has 2 rings (SSSR count). The molecule has 0 aromatic heterocycles. The van der Waals surface area contributed by atoms with Gasteiger partial charge in [-0.15, -0.1) is 0 Å². The summed E-state index contributed by atoms with van der Waals surface area (Å²) in [5.41, 5.74) is 0. The molecule has 0 aliphatic carbocycles. The van der Waals surface area contributed by atoms with E-state index in [2.05, 4.69) is 24.1 Å². The highest BCUT2D eigenvalue weighted by molar-refractivity contribution is 5.82. The molecule has 1 amide bonds. The van der Waals surface area contributed by atoms with Gasteiger partial charge in [-0.1, -0.05) is 20.3 Å². The highest BCUT2D eigenvalue weighted by atomic mass is 16.2. The number of rotatable bonds is 2. The van der Waals surface area contributed by atoms with Gasteiger partial charge in [-0.3, -0.25) is 4.79 Å². The highest BCUT2D eigenvalue weighted by Crippen LogP contribution is 2.22. The molecule has 3 nitrogen and oxygen atoms in total. The minimum atomic E-state index is 0.0963. The second-order valence-electron chi connectivity index (χ2n) is 5.84. The van der Waals surface area contributed by atoms with E-state index in [-0.39, 0.29) is 6.04 Å². The summed E-state index contributed by atoms with van der Waals surface area (Å²) < 4.78 is 0. The molecular weight excluding hydrogens is 212 g/mol. The predicted molar refractivity (Wildman–Crippen MR) is 69.8 cm³/mol. The van der Waals surface area contributed by atoms with E-state index in [1.165, 1.54) is 25.7 Å². The lowest BCUT2D eigenvalue weighted by Gasteiger charge is -2.36. The molecule has 2 aliphatic rings. The topological polar surface area (TPSA) is 32.3 Å². The van der Waals surface area contributed by atoms with Crippen LogP contribution in [0.15, 0.2) is 0 Å². The Bertz CT molecular complexity index is 267. The number of piperidine rings is 2. The first-order chi connectivity index (χ1) is 8.20. The number of carbonyl (C=O) groups is 1. The van der Waals surface area contributed by atoms with Gasteiger partial charge in [0, 0.05) is 13.1 Å². The summed E-state index contributed by atoms with van der Waals surface area (Å²) >= 11 is 0. The van der Waals surface area contributed by atoms with Crippen LogP contribution in [0.5, 0.6) is 0 Å². The van der Waals surface area contributed by atoms with E-state index in [1.54, 1.807) is 0 Å². The monoisotopic (exact) mass is 238 g/mol. The molecule has 0 spiro atoms. The Morgan fingerprint density at radius 1 is 1.41 bits per heavy atom. The van der Waals surface area contributed by atoms with E-state index in [0.717, 1.165) is 32.0 Å². The maximum atomic E-state index is 12.4. The van der Waals surface area contributed by atoms with Gasteiger partial charge in [0.2, 0.25) is 5.91 Å². The lowest BCUT2D eigenvalue weighted by molar-refractivity contribution is -0.136. The molecule has 3 heteroatoms. The maximum absolute atomic E-state index is 12.4. The molecule has 0 aromatic rings. The summed E-state index contributed by atoms with van der Waals surface area (Å²) in [6, 6.07) is 0.0963. The lowest BCUT2D eigenvalue weighted by Crippen LogP contribution is -2.52. The van der Waals surface area contributed by atoms with Crippen LogP contribution >= 0.6 is 0 Å². The van der Waals surface area contributed by atoms with Crippen LogP contribution in [-0.4, -0.2) is 36.5 Å². The average molecular weight is 238 g/mol. The molecule has 2 heterocycles. The third kappa shape index (κ3) is 3.21. The molecule has 2 aliphatic heterocycles. The second-order valence-corrected chi connectivity index (χ2v) is 5.84. The van der Waals surface area contributed by atoms with Crippen LogP contribution in [0.2, 0.25) is 0 Å². The van der Waals surface area contributed by atoms with Crippen LogP contribution in [0.25, 0.3) is 0 Å². The summed E-state index contributed by atoms with van der Waals surface area (Å²) in [5, 5.41) is 3.40. The van der Waals surface area contributed by atoms with Gasteiger partial charge < -0.3 is 10.2 Å². The van der Waals surface area contributed by atoms with E-state index in [4.69, 9.17) is 0 Å². The Morgan fingerprint density at radius 3 is 2.94 bits per heavy atom. The summed E-state index contributed by atoms with van der Waals surface area (Å²) in [6.45, 7) is 7.44. The van der Waals surface area contributed by atoms with Gasteiger partial charge in [-0.05, 0) is 44.1 Å². The first-order valence-corrected chi connectivity index (χ1v) is 7.23. The molecule has 0 saturated carbocycles. The molecule has 17 heavy (non-hydrogen) atoms. The zero-order valence-electron chi connectivity index (χ0n) is 11.2. The molecule has 2 fully saturated rings. The van der Waals surface area contributed by atoms with Crippen molar-refractivity contribution in [1.82, 2.24) is 10.2 Å². The molecule has 2 saturated heterocycles. The average Bonchev–Trinajstić information content (AvgIpc) is 2.38. The number of carbonyl (C=O) groups excluding carboxylic acids is 1. The molecule has 3 atom stereocenters. The third-order valence-corrected chi connectivity index (χ3v) is 4.36. The van der Waals surface area contributed by atoms with Crippen molar-refractivity contribution in [3.05, 3.63) is 0 Å². The molecule has 98 valence electrons. The van der Waals surface area contributed by atoms with Crippen molar-refractivity contribution in [2.75, 3.05) is 19.6 Å². The summed E-state index contributed by atoms with van der Waals surface area (Å²) in [7, 11) is 0. The smallest absolute Gasteiger partial charge is 0.239 e. The highest BCUT2D eigenvalue weighted by Gasteiger charge is 2.30. The predicted octanol–water partition coefficient (Wildman–Crippen LogP) is 2.02. The molecule has 1 N–H and O–H groups in total. The zero-order valence-corrected chi connectivity index (χ0v) is 11.2. The van der Waals surface area contributed by atoms with Gasteiger partial charge in [0.15, 0.2) is 0 Å². The van der Waals surface area contributed by atoms with Gasteiger partial charge in [-0.25, -0.2) is 0 Å². The van der Waals surface area contributed by atoms with Crippen LogP contribution in [0.1, 0.15) is 46.0 Å². The minimum absolute atomic E-state index is 0.0963. The number of hydrogen-bond donors (Lipinski definition) is 1. The van der Waals surface area contributed by atoms with Crippen LogP contribution < -0.4 is 5.32 Å². The van der Waals surface area contributed by atoms with E-state index in [9.17, 15) is 4.79 Å². The third-order valence-electron chi connectivity index (χ3n) is 4.36. The van der Waals surface area contributed by atoms with Crippen LogP contribution in [-0.2, 0) is 4.79 Å². The van der Waals surface area contributed by atoms with Crippen molar-refractivity contribution in [1.29, 1.82) is 0 Å². The molecule has 0 aromatic carbocycles. The quantitative estimate of drug-likeness (QED) is 0.798. The van der Waals surface area contributed by atoms with E-state index in [1.807, 2.05) is 0 Å². The fraction of sp³-hybridized carbons (Fsp3) is 0.929. The second kappa shape index (κ2) is 5.85. The normalized spacial score (nSPS) is 34.7. The summed E-state index contributed by atoms with van der Waals surface area (Å²) in [5.74, 6) is 1.78. The van der Waals surface area contributed by atoms with Crippen LogP contribution in [0.4, 0.5) is 0 Å². The summed E-state index contributed by atoms with van der Waals surface area (Å²) in [4.78, 5) is 14.5. The number of nitrogens with zero attached hydrogens (tertiary/aromatic N) is 1.